The Kier molecular flexibility index (Phi) is 5.20. The highest BCUT2D eigenvalue weighted by Gasteiger charge is 2.29. The zero-order valence-electron chi connectivity index (χ0n) is 10.0. The number of methoxy groups -OCH3 is 1. The summed E-state index contributed by atoms with van der Waals surface area (Å²) in [6.45, 7) is 1.95. The predicted molar refractivity (Wildman–Crippen MR) is 62.3 cm³/mol. The van der Waals surface area contributed by atoms with Crippen molar-refractivity contribution < 1.29 is 19.1 Å². The number of carbonyl (C=O) groups excluding carboxylic acids is 2. The first-order valence-corrected chi connectivity index (χ1v) is 5.47. The number of hydrogen-bond acceptors (Lipinski definition) is 4. The molecule has 0 amide bonds. The summed E-state index contributed by atoms with van der Waals surface area (Å²) in [7, 11) is 1.26. The molecule has 0 aliphatic carbocycles. The van der Waals surface area contributed by atoms with Gasteiger partial charge < -0.3 is 9.47 Å². The molecule has 0 bridgehead atoms. The topological polar surface area (TPSA) is 52.6 Å². The van der Waals surface area contributed by atoms with Crippen molar-refractivity contribution >= 4 is 11.9 Å². The van der Waals surface area contributed by atoms with Gasteiger partial charge in [-0.05, 0) is 18.9 Å². The Balaban J connectivity index is 2.77. The monoisotopic (exact) mass is 236 g/mol. The molecule has 1 unspecified atom stereocenters. The van der Waals surface area contributed by atoms with E-state index in [2.05, 4.69) is 4.74 Å². The number of hydrogen-bond donors (Lipinski definition) is 0. The minimum atomic E-state index is -0.887. The van der Waals surface area contributed by atoms with Crippen molar-refractivity contribution in [3.8, 4) is 0 Å². The molecule has 4 nitrogen and oxygen atoms in total. The lowest BCUT2D eigenvalue weighted by Gasteiger charge is -2.13. The van der Waals surface area contributed by atoms with Crippen LogP contribution >= 0.6 is 0 Å². The molecule has 0 heterocycles. The minimum absolute atomic E-state index is 0.251. The third kappa shape index (κ3) is 3.90. The summed E-state index contributed by atoms with van der Waals surface area (Å²) in [6.07, 6.45) is 0.298. The van der Waals surface area contributed by atoms with Crippen molar-refractivity contribution in [2.75, 3.05) is 13.7 Å². The zero-order valence-corrected chi connectivity index (χ0v) is 10.0. The van der Waals surface area contributed by atoms with Crippen LogP contribution < -0.4 is 0 Å². The largest absolute Gasteiger partial charge is 0.468 e. The quantitative estimate of drug-likeness (QED) is 0.575. The predicted octanol–water partition coefficient (Wildman–Crippen LogP) is 1.58. The third-order valence-electron chi connectivity index (χ3n) is 2.34. The van der Waals surface area contributed by atoms with Crippen LogP contribution in [0.1, 0.15) is 12.5 Å². The van der Waals surface area contributed by atoms with Crippen LogP contribution in [0.3, 0.4) is 0 Å². The molecule has 0 aliphatic rings. The smallest absolute Gasteiger partial charge is 0.320 e. The fourth-order valence-corrected chi connectivity index (χ4v) is 1.50. The van der Waals surface area contributed by atoms with E-state index in [9.17, 15) is 9.59 Å². The molecule has 1 aromatic rings. The summed E-state index contributed by atoms with van der Waals surface area (Å²) < 4.78 is 9.47. The molecule has 0 aliphatic heterocycles. The highest BCUT2D eigenvalue weighted by atomic mass is 16.5. The van der Waals surface area contributed by atoms with Crippen molar-refractivity contribution in [1.29, 1.82) is 0 Å². The minimum Gasteiger partial charge on any atom is -0.468 e. The molecule has 0 saturated heterocycles. The first-order chi connectivity index (χ1) is 8.19. The standard InChI is InChI=1S/C13H16O4/c1-3-17-13(15)11(12(14)16-2)9-10-7-5-4-6-8-10/h4-8,11H,3,9H2,1-2H3. The molecule has 0 radical (unpaired) electrons. The number of rotatable bonds is 5. The summed E-state index contributed by atoms with van der Waals surface area (Å²) in [4.78, 5) is 23.1. The van der Waals surface area contributed by atoms with Gasteiger partial charge in [-0.25, -0.2) is 0 Å². The van der Waals surface area contributed by atoms with E-state index in [0.29, 0.717) is 6.42 Å². The summed E-state index contributed by atoms with van der Waals surface area (Å²) in [5.41, 5.74) is 0.899. The van der Waals surface area contributed by atoms with Crippen molar-refractivity contribution in [3.63, 3.8) is 0 Å². The van der Waals surface area contributed by atoms with Gasteiger partial charge in [0.1, 0.15) is 0 Å². The second-order valence-electron chi connectivity index (χ2n) is 3.52. The van der Waals surface area contributed by atoms with E-state index < -0.39 is 17.9 Å². The van der Waals surface area contributed by atoms with Gasteiger partial charge in [0.15, 0.2) is 5.92 Å². The number of ether oxygens (including phenoxy) is 2. The van der Waals surface area contributed by atoms with Crippen LogP contribution in [-0.2, 0) is 25.5 Å². The van der Waals surface area contributed by atoms with Gasteiger partial charge >= 0.3 is 11.9 Å². The lowest BCUT2D eigenvalue weighted by atomic mass is 9.99. The maximum Gasteiger partial charge on any atom is 0.320 e. The zero-order chi connectivity index (χ0) is 12.7. The molecule has 1 atom stereocenters. The number of carbonyl (C=O) groups is 2. The van der Waals surface area contributed by atoms with E-state index in [1.54, 1.807) is 6.92 Å². The van der Waals surface area contributed by atoms with Gasteiger partial charge in [-0.2, -0.15) is 0 Å². The average Bonchev–Trinajstić information content (AvgIpc) is 2.36. The van der Waals surface area contributed by atoms with Gasteiger partial charge in [-0.15, -0.1) is 0 Å². The van der Waals surface area contributed by atoms with Crippen LogP contribution in [0.5, 0.6) is 0 Å². The second-order valence-corrected chi connectivity index (χ2v) is 3.52. The van der Waals surface area contributed by atoms with E-state index in [1.807, 2.05) is 30.3 Å². The van der Waals surface area contributed by atoms with Gasteiger partial charge in [0, 0.05) is 0 Å². The summed E-state index contributed by atoms with van der Waals surface area (Å²) in [6, 6.07) is 9.30. The molecular formula is C13H16O4. The first-order valence-electron chi connectivity index (χ1n) is 5.47. The Bertz CT molecular complexity index is 372. The Morgan fingerprint density at radius 1 is 1.18 bits per heavy atom. The Labute approximate surface area is 101 Å². The molecule has 17 heavy (non-hydrogen) atoms. The summed E-state index contributed by atoms with van der Waals surface area (Å²) in [5.74, 6) is -1.99. The normalized spacial score (nSPS) is 11.6. The maximum absolute atomic E-state index is 11.6. The fourth-order valence-electron chi connectivity index (χ4n) is 1.50. The Morgan fingerprint density at radius 2 is 1.82 bits per heavy atom. The summed E-state index contributed by atoms with van der Waals surface area (Å²) in [5, 5.41) is 0. The van der Waals surface area contributed by atoms with Crippen LogP contribution in [0.15, 0.2) is 30.3 Å². The van der Waals surface area contributed by atoms with Gasteiger partial charge in [-0.1, -0.05) is 30.3 Å². The van der Waals surface area contributed by atoms with Gasteiger partial charge in [-0.3, -0.25) is 9.59 Å². The van der Waals surface area contributed by atoms with Crippen molar-refractivity contribution in [1.82, 2.24) is 0 Å². The first kappa shape index (κ1) is 13.2. The molecule has 0 aromatic heterocycles. The van der Waals surface area contributed by atoms with E-state index in [4.69, 9.17) is 4.74 Å². The SMILES string of the molecule is CCOC(=O)C(Cc1ccccc1)C(=O)OC. The molecule has 4 heteroatoms. The Morgan fingerprint density at radius 3 is 2.35 bits per heavy atom. The maximum atomic E-state index is 11.6. The van der Waals surface area contributed by atoms with Crippen molar-refractivity contribution in [2.45, 2.75) is 13.3 Å². The summed E-state index contributed by atoms with van der Waals surface area (Å²) >= 11 is 0. The molecular weight excluding hydrogens is 220 g/mol. The third-order valence-corrected chi connectivity index (χ3v) is 2.34. The van der Waals surface area contributed by atoms with Crippen LogP contribution in [0.25, 0.3) is 0 Å². The highest BCUT2D eigenvalue weighted by Crippen LogP contribution is 2.12. The molecule has 1 rings (SSSR count). The van der Waals surface area contributed by atoms with Gasteiger partial charge in [0.25, 0.3) is 0 Å². The molecule has 0 spiro atoms. The molecule has 0 fully saturated rings. The lowest BCUT2D eigenvalue weighted by Crippen LogP contribution is -2.29. The van der Waals surface area contributed by atoms with Crippen LogP contribution in [-0.4, -0.2) is 25.7 Å². The van der Waals surface area contributed by atoms with E-state index in [-0.39, 0.29) is 6.61 Å². The number of benzene rings is 1. The number of esters is 2. The fraction of sp³-hybridized carbons (Fsp3) is 0.385. The Hall–Kier alpha value is -1.84. The molecule has 1 aromatic carbocycles. The molecule has 0 N–H and O–H groups in total. The van der Waals surface area contributed by atoms with Gasteiger partial charge in [0.05, 0.1) is 13.7 Å². The van der Waals surface area contributed by atoms with E-state index in [0.717, 1.165) is 5.56 Å². The molecule has 0 saturated carbocycles. The van der Waals surface area contributed by atoms with E-state index in [1.165, 1.54) is 7.11 Å². The van der Waals surface area contributed by atoms with E-state index >= 15 is 0 Å². The van der Waals surface area contributed by atoms with Crippen molar-refractivity contribution in [3.05, 3.63) is 35.9 Å². The van der Waals surface area contributed by atoms with Crippen LogP contribution in [0.2, 0.25) is 0 Å². The van der Waals surface area contributed by atoms with Crippen LogP contribution in [0, 0.1) is 5.92 Å². The average molecular weight is 236 g/mol. The van der Waals surface area contributed by atoms with Crippen molar-refractivity contribution in [2.24, 2.45) is 5.92 Å². The second kappa shape index (κ2) is 6.68. The highest BCUT2D eigenvalue weighted by molar-refractivity contribution is 5.95. The lowest BCUT2D eigenvalue weighted by molar-refractivity contribution is -0.160. The van der Waals surface area contributed by atoms with Crippen LogP contribution in [0.4, 0.5) is 0 Å². The van der Waals surface area contributed by atoms with Gasteiger partial charge in [0.2, 0.25) is 0 Å². The molecule has 92 valence electrons.